The largest absolute Gasteiger partial charge is 0.338 e. The second-order valence-electron chi connectivity index (χ2n) is 4.94. The van der Waals surface area contributed by atoms with Gasteiger partial charge < -0.3 is 10.6 Å². The van der Waals surface area contributed by atoms with Crippen molar-refractivity contribution in [1.29, 1.82) is 0 Å². The lowest BCUT2D eigenvalue weighted by atomic mass is 10.0. The summed E-state index contributed by atoms with van der Waals surface area (Å²) in [6, 6.07) is 0.208. The minimum absolute atomic E-state index is 0.0247. The van der Waals surface area contributed by atoms with Gasteiger partial charge in [-0.15, -0.1) is 0 Å². The highest BCUT2D eigenvalue weighted by atomic mass is 16.2. The Balaban J connectivity index is 2.33. The molecule has 1 rings (SSSR count). The molecule has 0 aliphatic heterocycles. The molecule has 0 radical (unpaired) electrons. The van der Waals surface area contributed by atoms with Gasteiger partial charge in [-0.1, -0.05) is 13.3 Å². The molecule has 3 N–H and O–H groups in total. The fraction of sp³-hybridized carbons (Fsp3) is 0.750. The van der Waals surface area contributed by atoms with Gasteiger partial charge in [0.25, 0.3) is 0 Å². The molecule has 0 fully saturated rings. The van der Waals surface area contributed by atoms with E-state index in [9.17, 15) is 4.79 Å². The smallest absolute Gasteiger partial charge is 0.225 e. The van der Waals surface area contributed by atoms with Crippen LogP contribution in [0.1, 0.15) is 38.9 Å². The summed E-state index contributed by atoms with van der Waals surface area (Å²) < 4.78 is 0. The van der Waals surface area contributed by atoms with Gasteiger partial charge >= 0.3 is 0 Å². The maximum atomic E-state index is 12.1. The van der Waals surface area contributed by atoms with Crippen molar-refractivity contribution in [3.63, 3.8) is 0 Å². The van der Waals surface area contributed by atoms with Crippen LogP contribution in [0.25, 0.3) is 0 Å². The quantitative estimate of drug-likeness (QED) is 0.756. The molecule has 18 heavy (non-hydrogen) atoms. The van der Waals surface area contributed by atoms with Crippen LogP contribution >= 0.6 is 0 Å². The normalized spacial score (nSPS) is 14.2. The minimum atomic E-state index is 0.0247. The van der Waals surface area contributed by atoms with E-state index >= 15 is 0 Å². The number of nitrogens with two attached hydrogens (primary N) is 1. The minimum Gasteiger partial charge on any atom is -0.338 e. The van der Waals surface area contributed by atoms with Crippen LogP contribution in [-0.4, -0.2) is 39.1 Å². The second kappa shape index (κ2) is 7.10. The van der Waals surface area contributed by atoms with Gasteiger partial charge in [0.05, 0.1) is 6.54 Å². The van der Waals surface area contributed by atoms with E-state index < -0.39 is 0 Å². The van der Waals surface area contributed by atoms with Crippen molar-refractivity contribution in [1.82, 2.24) is 20.1 Å². The number of aromatic amines is 1. The molecule has 0 aliphatic rings. The summed E-state index contributed by atoms with van der Waals surface area (Å²) in [5, 5.41) is 6.51. The summed E-state index contributed by atoms with van der Waals surface area (Å²) in [4.78, 5) is 17.8. The van der Waals surface area contributed by atoms with Gasteiger partial charge in [-0.25, -0.2) is 4.98 Å². The Morgan fingerprint density at radius 2 is 2.22 bits per heavy atom. The fourth-order valence-corrected chi connectivity index (χ4v) is 1.86. The van der Waals surface area contributed by atoms with Gasteiger partial charge in [-0.3, -0.25) is 9.89 Å². The maximum absolute atomic E-state index is 12.1. The molecule has 0 saturated heterocycles. The number of nitrogens with one attached hydrogen (secondary N) is 1. The summed E-state index contributed by atoms with van der Waals surface area (Å²) in [7, 11) is 1.78. The van der Waals surface area contributed by atoms with Crippen LogP contribution in [0.3, 0.4) is 0 Å². The van der Waals surface area contributed by atoms with Crippen LogP contribution in [0.4, 0.5) is 0 Å². The Bertz CT molecular complexity index is 349. The Morgan fingerprint density at radius 1 is 1.50 bits per heavy atom. The fourth-order valence-electron chi connectivity index (χ4n) is 1.86. The average Bonchev–Trinajstić information content (AvgIpc) is 2.80. The highest BCUT2D eigenvalue weighted by Crippen LogP contribution is 2.12. The molecule has 102 valence electrons. The number of amides is 1. The first-order chi connectivity index (χ1) is 8.50. The molecule has 2 atom stereocenters. The van der Waals surface area contributed by atoms with Crippen LogP contribution in [0.2, 0.25) is 0 Å². The number of H-pyrrole nitrogens is 1. The molecule has 1 aromatic rings. The topological polar surface area (TPSA) is 87.9 Å². The number of rotatable bonds is 7. The van der Waals surface area contributed by atoms with Gasteiger partial charge in [0.2, 0.25) is 5.91 Å². The Kier molecular flexibility index (Phi) is 5.77. The first kappa shape index (κ1) is 14.6. The van der Waals surface area contributed by atoms with E-state index in [1.807, 2.05) is 13.8 Å². The first-order valence-corrected chi connectivity index (χ1v) is 6.35. The van der Waals surface area contributed by atoms with Gasteiger partial charge in [0, 0.05) is 19.0 Å². The number of aromatic nitrogens is 3. The Morgan fingerprint density at radius 3 is 2.78 bits per heavy atom. The van der Waals surface area contributed by atoms with Gasteiger partial charge in [-0.05, 0) is 19.8 Å². The molecule has 6 heteroatoms. The molecule has 0 bridgehead atoms. The first-order valence-electron chi connectivity index (χ1n) is 6.35. The summed E-state index contributed by atoms with van der Waals surface area (Å²) in [6.45, 7) is 4.42. The van der Waals surface area contributed by atoms with Gasteiger partial charge in [0.15, 0.2) is 0 Å². The third kappa shape index (κ3) is 4.83. The highest BCUT2D eigenvalue weighted by molar-refractivity contribution is 5.78. The van der Waals surface area contributed by atoms with Crippen molar-refractivity contribution in [3.05, 3.63) is 12.2 Å². The van der Waals surface area contributed by atoms with E-state index in [0.29, 0.717) is 12.4 Å². The van der Waals surface area contributed by atoms with Crippen LogP contribution in [0, 0.1) is 5.92 Å². The zero-order valence-electron chi connectivity index (χ0n) is 11.4. The molecule has 1 amide bonds. The zero-order valence-corrected chi connectivity index (χ0v) is 11.4. The number of nitrogens with zero attached hydrogens (tertiary/aromatic N) is 3. The van der Waals surface area contributed by atoms with E-state index in [1.54, 1.807) is 11.9 Å². The second-order valence-corrected chi connectivity index (χ2v) is 4.94. The molecule has 0 spiro atoms. The van der Waals surface area contributed by atoms with Crippen molar-refractivity contribution in [2.24, 2.45) is 11.7 Å². The summed E-state index contributed by atoms with van der Waals surface area (Å²) in [6.07, 6.45) is 4.27. The number of carbonyl (C=O) groups is 1. The zero-order chi connectivity index (χ0) is 13.5. The molecule has 2 unspecified atom stereocenters. The molecular formula is C12H23N5O. The van der Waals surface area contributed by atoms with E-state index in [2.05, 4.69) is 15.2 Å². The van der Waals surface area contributed by atoms with Crippen LogP contribution in [0.15, 0.2) is 6.33 Å². The van der Waals surface area contributed by atoms with Gasteiger partial charge in [-0.2, -0.15) is 5.10 Å². The predicted molar refractivity (Wildman–Crippen MR) is 69.5 cm³/mol. The molecule has 6 nitrogen and oxygen atoms in total. The molecule has 1 aromatic heterocycles. The standard InChI is InChI=1S/C12H23N5O/c1-9(5-4-6-10(2)13)12(18)17(3)7-11-14-8-15-16-11/h8-10H,4-7,13H2,1-3H3,(H,14,15,16). The summed E-state index contributed by atoms with van der Waals surface area (Å²) >= 11 is 0. The van der Waals surface area contributed by atoms with Crippen molar-refractivity contribution < 1.29 is 4.79 Å². The average molecular weight is 253 g/mol. The van der Waals surface area contributed by atoms with E-state index in [1.165, 1.54) is 6.33 Å². The number of hydrogen-bond donors (Lipinski definition) is 2. The summed E-state index contributed by atoms with van der Waals surface area (Å²) in [5.74, 6) is 0.862. The molecular weight excluding hydrogens is 230 g/mol. The Hall–Kier alpha value is -1.43. The van der Waals surface area contributed by atoms with Crippen molar-refractivity contribution >= 4 is 5.91 Å². The Labute approximate surface area is 108 Å². The molecule has 1 heterocycles. The lowest BCUT2D eigenvalue weighted by Gasteiger charge is -2.20. The molecule has 0 saturated carbocycles. The lowest BCUT2D eigenvalue weighted by Crippen LogP contribution is -2.31. The van der Waals surface area contributed by atoms with Crippen molar-refractivity contribution in [2.75, 3.05) is 7.05 Å². The SMILES string of the molecule is CC(N)CCCC(C)C(=O)N(C)Cc1ncn[nH]1. The van der Waals surface area contributed by atoms with Gasteiger partial charge in [0.1, 0.15) is 12.2 Å². The van der Waals surface area contributed by atoms with Crippen LogP contribution in [-0.2, 0) is 11.3 Å². The summed E-state index contributed by atoms with van der Waals surface area (Å²) in [5.41, 5.74) is 5.69. The van der Waals surface area contributed by atoms with E-state index in [0.717, 1.165) is 19.3 Å². The maximum Gasteiger partial charge on any atom is 0.225 e. The monoisotopic (exact) mass is 253 g/mol. The van der Waals surface area contributed by atoms with Crippen LogP contribution in [0.5, 0.6) is 0 Å². The molecule has 0 aromatic carbocycles. The van der Waals surface area contributed by atoms with E-state index in [4.69, 9.17) is 5.73 Å². The lowest BCUT2D eigenvalue weighted by molar-refractivity contribution is -0.134. The third-order valence-electron chi connectivity index (χ3n) is 2.95. The van der Waals surface area contributed by atoms with E-state index in [-0.39, 0.29) is 17.9 Å². The number of hydrogen-bond acceptors (Lipinski definition) is 4. The van der Waals surface area contributed by atoms with Crippen molar-refractivity contribution in [3.8, 4) is 0 Å². The van der Waals surface area contributed by atoms with Crippen LogP contribution < -0.4 is 5.73 Å². The third-order valence-corrected chi connectivity index (χ3v) is 2.95. The predicted octanol–water partition coefficient (Wildman–Crippen LogP) is 0.917. The number of carbonyl (C=O) groups excluding carboxylic acids is 1. The highest BCUT2D eigenvalue weighted by Gasteiger charge is 2.18. The molecule has 0 aliphatic carbocycles. The van der Waals surface area contributed by atoms with Crippen molar-refractivity contribution in [2.45, 2.75) is 45.7 Å².